The highest BCUT2D eigenvalue weighted by molar-refractivity contribution is 7.99. The SMILES string of the molecule is CCOc1ccc2nc(NC(=O)CSc3nnnn3C[C@@H]3CCCO3)sc2c1. The van der Waals surface area contributed by atoms with Crippen molar-refractivity contribution in [2.45, 2.75) is 37.6 Å². The van der Waals surface area contributed by atoms with E-state index in [0.29, 0.717) is 23.4 Å². The van der Waals surface area contributed by atoms with Crippen LogP contribution in [0, 0.1) is 0 Å². The van der Waals surface area contributed by atoms with Crippen LogP contribution < -0.4 is 10.1 Å². The molecule has 1 aromatic carbocycles. The zero-order valence-electron chi connectivity index (χ0n) is 15.3. The highest BCUT2D eigenvalue weighted by Crippen LogP contribution is 2.29. The summed E-state index contributed by atoms with van der Waals surface area (Å²) in [5.74, 6) is 0.845. The number of carbonyl (C=O) groups excluding carboxylic acids is 1. The number of rotatable bonds is 8. The summed E-state index contributed by atoms with van der Waals surface area (Å²) in [6, 6.07) is 5.70. The third-order valence-electron chi connectivity index (χ3n) is 4.15. The van der Waals surface area contributed by atoms with Crippen molar-refractivity contribution in [1.82, 2.24) is 25.2 Å². The van der Waals surface area contributed by atoms with Crippen LogP contribution in [0.4, 0.5) is 5.13 Å². The minimum Gasteiger partial charge on any atom is -0.494 e. The van der Waals surface area contributed by atoms with Gasteiger partial charge in [-0.25, -0.2) is 9.67 Å². The average Bonchev–Trinajstić information content (AvgIpc) is 3.41. The van der Waals surface area contributed by atoms with Crippen LogP contribution in [0.15, 0.2) is 23.4 Å². The first kappa shape index (κ1) is 19.1. The molecule has 0 bridgehead atoms. The van der Waals surface area contributed by atoms with Gasteiger partial charge in [-0.3, -0.25) is 4.79 Å². The number of hydrogen-bond donors (Lipinski definition) is 1. The molecular weight excluding hydrogens is 400 g/mol. The molecule has 0 spiro atoms. The largest absolute Gasteiger partial charge is 0.494 e. The van der Waals surface area contributed by atoms with E-state index >= 15 is 0 Å². The monoisotopic (exact) mass is 420 g/mol. The van der Waals surface area contributed by atoms with Crippen molar-refractivity contribution in [3.63, 3.8) is 0 Å². The number of tetrazole rings is 1. The van der Waals surface area contributed by atoms with Gasteiger partial charge >= 0.3 is 0 Å². The quantitative estimate of drug-likeness (QED) is 0.555. The van der Waals surface area contributed by atoms with Crippen molar-refractivity contribution >= 4 is 44.4 Å². The van der Waals surface area contributed by atoms with E-state index in [2.05, 4.69) is 25.8 Å². The summed E-state index contributed by atoms with van der Waals surface area (Å²) in [5.41, 5.74) is 0.830. The molecule has 2 aromatic heterocycles. The van der Waals surface area contributed by atoms with Gasteiger partial charge in [0, 0.05) is 6.61 Å². The maximum absolute atomic E-state index is 12.3. The summed E-state index contributed by atoms with van der Waals surface area (Å²) in [4.78, 5) is 16.8. The standard InChI is InChI=1S/C17H20N6O3S2/c1-2-25-11-5-6-13-14(8-11)28-16(18-13)19-15(24)10-27-17-20-21-22-23(17)9-12-4-3-7-26-12/h5-6,8,12H,2-4,7,9-10H2,1H3,(H,18,19,24)/t12-/m0/s1. The number of aromatic nitrogens is 5. The van der Waals surface area contributed by atoms with Crippen molar-refractivity contribution in [3.8, 4) is 5.75 Å². The van der Waals surface area contributed by atoms with Gasteiger partial charge < -0.3 is 14.8 Å². The van der Waals surface area contributed by atoms with Crippen molar-refractivity contribution in [2.75, 3.05) is 24.3 Å². The molecule has 28 heavy (non-hydrogen) atoms. The summed E-state index contributed by atoms with van der Waals surface area (Å²) in [6.45, 7) is 3.94. The number of ether oxygens (including phenoxy) is 2. The number of nitrogens with one attached hydrogen (secondary N) is 1. The molecule has 1 atom stereocenters. The zero-order valence-corrected chi connectivity index (χ0v) is 17.0. The zero-order chi connectivity index (χ0) is 19.3. The number of thiazole rings is 1. The maximum Gasteiger partial charge on any atom is 0.236 e. The Labute approximate surface area is 169 Å². The predicted molar refractivity (Wildman–Crippen MR) is 107 cm³/mol. The number of hydrogen-bond acceptors (Lipinski definition) is 9. The van der Waals surface area contributed by atoms with E-state index in [1.165, 1.54) is 23.1 Å². The molecule has 11 heteroatoms. The second-order valence-electron chi connectivity index (χ2n) is 6.20. The Kier molecular flexibility index (Phi) is 6.03. The predicted octanol–water partition coefficient (Wildman–Crippen LogP) is 2.59. The molecule has 0 saturated carbocycles. The van der Waals surface area contributed by atoms with E-state index in [1.54, 1.807) is 4.68 Å². The first-order valence-corrected chi connectivity index (χ1v) is 10.9. The maximum atomic E-state index is 12.3. The van der Waals surface area contributed by atoms with Crippen LogP contribution in [0.1, 0.15) is 19.8 Å². The van der Waals surface area contributed by atoms with E-state index < -0.39 is 0 Å². The summed E-state index contributed by atoms with van der Waals surface area (Å²) in [6.07, 6.45) is 2.21. The van der Waals surface area contributed by atoms with Crippen molar-refractivity contribution in [1.29, 1.82) is 0 Å². The van der Waals surface area contributed by atoms with Gasteiger partial charge in [0.2, 0.25) is 11.1 Å². The molecule has 3 heterocycles. The van der Waals surface area contributed by atoms with Crippen LogP contribution in [0.25, 0.3) is 10.2 Å². The van der Waals surface area contributed by atoms with Gasteiger partial charge in [0.1, 0.15) is 5.75 Å². The minimum absolute atomic E-state index is 0.140. The molecule has 148 valence electrons. The highest BCUT2D eigenvalue weighted by Gasteiger charge is 2.19. The number of amides is 1. The molecule has 0 unspecified atom stereocenters. The van der Waals surface area contributed by atoms with Crippen molar-refractivity contribution in [2.24, 2.45) is 0 Å². The number of fused-ring (bicyclic) bond motifs is 1. The number of nitrogens with zero attached hydrogens (tertiary/aromatic N) is 5. The topological polar surface area (TPSA) is 104 Å². The first-order chi connectivity index (χ1) is 13.7. The van der Waals surface area contributed by atoms with E-state index in [-0.39, 0.29) is 17.8 Å². The Morgan fingerprint density at radius 1 is 1.50 bits per heavy atom. The average molecular weight is 421 g/mol. The normalized spacial score (nSPS) is 16.5. The summed E-state index contributed by atoms with van der Waals surface area (Å²) >= 11 is 2.72. The van der Waals surface area contributed by atoms with E-state index in [0.717, 1.165) is 35.4 Å². The molecule has 0 aliphatic carbocycles. The number of thioether (sulfide) groups is 1. The fourth-order valence-electron chi connectivity index (χ4n) is 2.90. The molecule has 1 amide bonds. The van der Waals surface area contributed by atoms with Crippen LogP contribution >= 0.6 is 23.1 Å². The van der Waals surface area contributed by atoms with Gasteiger partial charge in [0.25, 0.3) is 0 Å². The fourth-order valence-corrected chi connectivity index (χ4v) is 4.49. The van der Waals surface area contributed by atoms with Crippen LogP contribution in [-0.4, -0.2) is 56.2 Å². The van der Waals surface area contributed by atoms with Crippen LogP contribution in [0.5, 0.6) is 5.75 Å². The van der Waals surface area contributed by atoms with Gasteiger partial charge in [-0.15, -0.1) is 5.10 Å². The first-order valence-electron chi connectivity index (χ1n) is 9.05. The fraction of sp³-hybridized carbons (Fsp3) is 0.471. The number of anilines is 1. The molecule has 1 fully saturated rings. The number of benzene rings is 1. The van der Waals surface area contributed by atoms with Crippen molar-refractivity contribution in [3.05, 3.63) is 18.2 Å². The molecule has 0 radical (unpaired) electrons. The van der Waals surface area contributed by atoms with Gasteiger partial charge in [0.15, 0.2) is 5.13 Å². The lowest BCUT2D eigenvalue weighted by molar-refractivity contribution is -0.113. The molecule has 1 aliphatic heterocycles. The van der Waals surface area contributed by atoms with Crippen LogP contribution in [-0.2, 0) is 16.1 Å². The molecule has 3 aromatic rings. The summed E-state index contributed by atoms with van der Waals surface area (Å²) in [7, 11) is 0. The van der Waals surface area contributed by atoms with Crippen LogP contribution in [0.3, 0.4) is 0 Å². The molecular formula is C17H20N6O3S2. The Bertz CT molecular complexity index is 953. The molecule has 4 rings (SSSR count). The Hall–Kier alpha value is -2.24. The van der Waals surface area contributed by atoms with E-state index in [9.17, 15) is 4.79 Å². The van der Waals surface area contributed by atoms with Gasteiger partial charge in [0.05, 0.1) is 35.2 Å². The Balaban J connectivity index is 1.33. The van der Waals surface area contributed by atoms with E-state index in [1.807, 2.05) is 25.1 Å². The summed E-state index contributed by atoms with van der Waals surface area (Å²) < 4.78 is 13.8. The molecule has 9 nitrogen and oxygen atoms in total. The second-order valence-corrected chi connectivity index (χ2v) is 8.17. The number of carbonyl (C=O) groups is 1. The molecule has 1 saturated heterocycles. The summed E-state index contributed by atoms with van der Waals surface area (Å²) in [5, 5.41) is 15.7. The second kappa shape index (κ2) is 8.84. The van der Waals surface area contributed by atoms with Crippen LogP contribution in [0.2, 0.25) is 0 Å². The molecule has 1 aliphatic rings. The van der Waals surface area contributed by atoms with Gasteiger partial charge in [-0.05, 0) is 48.4 Å². The van der Waals surface area contributed by atoms with Gasteiger partial charge in [-0.1, -0.05) is 23.1 Å². The third-order valence-corrected chi connectivity index (χ3v) is 6.04. The van der Waals surface area contributed by atoms with Crippen molar-refractivity contribution < 1.29 is 14.3 Å². The highest BCUT2D eigenvalue weighted by atomic mass is 32.2. The van der Waals surface area contributed by atoms with E-state index in [4.69, 9.17) is 9.47 Å². The smallest absolute Gasteiger partial charge is 0.236 e. The molecule has 1 N–H and O–H groups in total. The lowest BCUT2D eigenvalue weighted by atomic mass is 10.2. The lowest BCUT2D eigenvalue weighted by Gasteiger charge is -2.09. The minimum atomic E-state index is -0.152. The lowest BCUT2D eigenvalue weighted by Crippen LogP contribution is -2.18. The Morgan fingerprint density at radius 3 is 3.25 bits per heavy atom. The Morgan fingerprint density at radius 2 is 2.43 bits per heavy atom. The van der Waals surface area contributed by atoms with Gasteiger partial charge in [-0.2, -0.15) is 0 Å². The third kappa shape index (κ3) is 4.59.